The molecule has 0 atom stereocenters. The van der Waals surface area contributed by atoms with E-state index in [0.717, 1.165) is 12.1 Å². The van der Waals surface area contributed by atoms with Crippen LogP contribution in [0.5, 0.6) is 11.5 Å². The maximum Gasteiger partial charge on any atom is 0.338 e. The molecule has 0 radical (unpaired) electrons. The average molecular weight is 262 g/mol. The number of hydrogen-bond donors (Lipinski definition) is 2. The van der Waals surface area contributed by atoms with Crippen molar-refractivity contribution in [1.82, 2.24) is 4.98 Å². The number of carboxylic acid groups (broad SMARTS) is 1. The molecule has 0 aliphatic heterocycles. The second-order valence-corrected chi connectivity index (χ2v) is 3.86. The lowest BCUT2D eigenvalue weighted by Gasteiger charge is -2.11. The Morgan fingerprint density at radius 3 is 2.79 bits per heavy atom. The highest BCUT2D eigenvalue weighted by atomic mass is 19.1. The molecule has 0 spiro atoms. The summed E-state index contributed by atoms with van der Waals surface area (Å²) < 4.78 is 19.0. The van der Waals surface area contributed by atoms with Crippen molar-refractivity contribution in [3.63, 3.8) is 0 Å². The van der Waals surface area contributed by atoms with Crippen LogP contribution < -0.4 is 10.5 Å². The zero-order valence-electron chi connectivity index (χ0n) is 10.1. The number of ether oxygens (including phenoxy) is 1. The number of pyridine rings is 1. The predicted octanol–water partition coefficient (Wildman–Crippen LogP) is 2.60. The summed E-state index contributed by atoms with van der Waals surface area (Å²) in [5.74, 6) is -1.80. The fourth-order valence-electron chi connectivity index (χ4n) is 1.52. The number of nitrogens with zero attached hydrogens (tertiary/aromatic N) is 1. The van der Waals surface area contributed by atoms with Crippen LogP contribution in [0.2, 0.25) is 0 Å². The molecule has 0 fully saturated rings. The van der Waals surface area contributed by atoms with Crippen LogP contribution in [0.15, 0.2) is 30.5 Å². The smallest absolute Gasteiger partial charge is 0.338 e. The van der Waals surface area contributed by atoms with Gasteiger partial charge in [0.05, 0.1) is 16.9 Å². The van der Waals surface area contributed by atoms with Crippen LogP contribution in [0.1, 0.15) is 16.1 Å². The highest BCUT2D eigenvalue weighted by molar-refractivity contribution is 5.89. The summed E-state index contributed by atoms with van der Waals surface area (Å²) in [4.78, 5) is 14.8. The highest BCUT2D eigenvalue weighted by Gasteiger charge is 2.15. The molecule has 1 heterocycles. The van der Waals surface area contributed by atoms with Gasteiger partial charge in [0.1, 0.15) is 11.6 Å². The Hall–Kier alpha value is -2.63. The van der Waals surface area contributed by atoms with Gasteiger partial charge >= 0.3 is 5.97 Å². The lowest BCUT2D eigenvalue weighted by Crippen LogP contribution is -2.03. The molecule has 2 aromatic rings. The van der Waals surface area contributed by atoms with Gasteiger partial charge in [-0.25, -0.2) is 9.18 Å². The van der Waals surface area contributed by atoms with Crippen LogP contribution in [-0.2, 0) is 0 Å². The Labute approximate surface area is 108 Å². The summed E-state index contributed by atoms with van der Waals surface area (Å²) in [5, 5.41) is 8.77. The predicted molar refractivity (Wildman–Crippen MR) is 66.8 cm³/mol. The molecule has 98 valence electrons. The van der Waals surface area contributed by atoms with Gasteiger partial charge < -0.3 is 15.6 Å². The van der Waals surface area contributed by atoms with E-state index in [1.807, 2.05) is 0 Å². The molecule has 6 heteroatoms. The van der Waals surface area contributed by atoms with Gasteiger partial charge in [-0.1, -0.05) is 0 Å². The maximum atomic E-state index is 13.6. The van der Waals surface area contributed by atoms with Gasteiger partial charge in [-0.05, 0) is 25.1 Å². The number of nitrogen functional groups attached to an aromatic ring is 1. The summed E-state index contributed by atoms with van der Waals surface area (Å²) in [6, 6.07) is 5.30. The van der Waals surface area contributed by atoms with E-state index in [2.05, 4.69) is 4.98 Å². The molecule has 19 heavy (non-hydrogen) atoms. The molecule has 5 nitrogen and oxygen atoms in total. The van der Waals surface area contributed by atoms with Gasteiger partial charge in [0.2, 0.25) is 0 Å². The van der Waals surface area contributed by atoms with Crippen molar-refractivity contribution in [1.29, 1.82) is 0 Å². The number of aromatic carboxylic acids is 1. The summed E-state index contributed by atoms with van der Waals surface area (Å²) >= 11 is 0. The monoisotopic (exact) mass is 262 g/mol. The number of carboxylic acids is 1. The van der Waals surface area contributed by atoms with Gasteiger partial charge in [0.15, 0.2) is 5.75 Å². The SMILES string of the molecule is Cc1ncccc1Oc1cc(F)c(C(=O)O)cc1N. The molecule has 1 aromatic heterocycles. The molecule has 0 saturated carbocycles. The van der Waals surface area contributed by atoms with Crippen LogP contribution in [0.3, 0.4) is 0 Å². The zero-order valence-corrected chi connectivity index (χ0v) is 10.1. The number of hydrogen-bond acceptors (Lipinski definition) is 4. The lowest BCUT2D eigenvalue weighted by molar-refractivity contribution is 0.0692. The van der Waals surface area contributed by atoms with Crippen LogP contribution in [0.4, 0.5) is 10.1 Å². The summed E-state index contributed by atoms with van der Waals surface area (Å²) in [5.41, 5.74) is 5.82. The first kappa shape index (κ1) is 12.8. The Morgan fingerprint density at radius 1 is 1.42 bits per heavy atom. The largest absolute Gasteiger partial charge is 0.478 e. The fraction of sp³-hybridized carbons (Fsp3) is 0.0769. The molecule has 0 aliphatic rings. The van der Waals surface area contributed by atoms with E-state index >= 15 is 0 Å². The summed E-state index contributed by atoms with van der Waals surface area (Å²) in [6.45, 7) is 1.73. The average Bonchev–Trinajstić information content (AvgIpc) is 2.35. The maximum absolute atomic E-state index is 13.6. The van der Waals surface area contributed by atoms with Gasteiger partial charge in [0, 0.05) is 12.3 Å². The van der Waals surface area contributed by atoms with E-state index in [0.29, 0.717) is 11.4 Å². The molecular formula is C13H11FN2O3. The topological polar surface area (TPSA) is 85.4 Å². The Kier molecular flexibility index (Phi) is 3.33. The molecule has 2 rings (SSSR count). The third-order valence-electron chi connectivity index (χ3n) is 2.51. The number of aromatic nitrogens is 1. The van der Waals surface area contributed by atoms with E-state index in [4.69, 9.17) is 15.6 Å². The fourth-order valence-corrected chi connectivity index (χ4v) is 1.52. The van der Waals surface area contributed by atoms with Crippen LogP contribution in [0, 0.1) is 12.7 Å². The van der Waals surface area contributed by atoms with Crippen molar-refractivity contribution < 1.29 is 19.0 Å². The highest BCUT2D eigenvalue weighted by Crippen LogP contribution is 2.30. The van der Waals surface area contributed by atoms with Crippen LogP contribution in [0.25, 0.3) is 0 Å². The lowest BCUT2D eigenvalue weighted by atomic mass is 10.1. The number of aryl methyl sites for hydroxylation is 1. The minimum absolute atomic E-state index is 0.0436. The molecule has 0 aliphatic carbocycles. The quantitative estimate of drug-likeness (QED) is 0.830. The van der Waals surface area contributed by atoms with Gasteiger partial charge in [-0.3, -0.25) is 4.98 Å². The minimum atomic E-state index is -1.38. The van der Waals surface area contributed by atoms with Gasteiger partial charge in [0.25, 0.3) is 0 Å². The first-order valence-corrected chi connectivity index (χ1v) is 5.41. The van der Waals surface area contributed by atoms with Crippen molar-refractivity contribution in [2.75, 3.05) is 5.73 Å². The first-order chi connectivity index (χ1) is 8.99. The Balaban J connectivity index is 2.39. The number of benzene rings is 1. The number of rotatable bonds is 3. The molecule has 1 aromatic carbocycles. The normalized spacial score (nSPS) is 10.2. The van der Waals surface area contributed by atoms with Crippen molar-refractivity contribution in [3.8, 4) is 11.5 Å². The van der Waals surface area contributed by atoms with Crippen molar-refractivity contribution >= 4 is 11.7 Å². The standard InChI is InChI=1S/C13H11FN2O3/c1-7-11(3-2-4-16-7)19-12-6-9(14)8(13(17)18)5-10(12)15/h2-6H,15H2,1H3,(H,17,18). The second-order valence-electron chi connectivity index (χ2n) is 3.86. The Bertz CT molecular complexity index is 644. The first-order valence-electron chi connectivity index (χ1n) is 5.41. The van der Waals surface area contributed by atoms with Crippen LogP contribution >= 0.6 is 0 Å². The third-order valence-corrected chi connectivity index (χ3v) is 2.51. The van der Waals surface area contributed by atoms with Crippen LogP contribution in [-0.4, -0.2) is 16.1 Å². The third kappa shape index (κ3) is 2.62. The number of carbonyl (C=O) groups is 1. The van der Waals surface area contributed by atoms with E-state index in [9.17, 15) is 9.18 Å². The van der Waals surface area contributed by atoms with E-state index in [1.54, 1.807) is 25.3 Å². The van der Waals surface area contributed by atoms with Crippen molar-refractivity contribution in [2.45, 2.75) is 6.92 Å². The molecular weight excluding hydrogens is 251 g/mol. The summed E-state index contributed by atoms with van der Waals surface area (Å²) in [7, 11) is 0. The Morgan fingerprint density at radius 2 is 2.16 bits per heavy atom. The van der Waals surface area contributed by atoms with Crippen molar-refractivity contribution in [3.05, 3.63) is 47.5 Å². The minimum Gasteiger partial charge on any atom is -0.478 e. The number of halogens is 1. The molecule has 0 saturated heterocycles. The van der Waals surface area contributed by atoms with Gasteiger partial charge in [-0.15, -0.1) is 0 Å². The van der Waals surface area contributed by atoms with Gasteiger partial charge in [-0.2, -0.15) is 0 Å². The molecule has 3 N–H and O–H groups in total. The second kappa shape index (κ2) is 4.93. The molecule has 0 bridgehead atoms. The molecule has 0 unspecified atom stereocenters. The van der Waals surface area contributed by atoms with E-state index in [-0.39, 0.29) is 11.4 Å². The molecule has 0 amide bonds. The summed E-state index contributed by atoms with van der Waals surface area (Å²) in [6.07, 6.45) is 1.60. The van der Waals surface area contributed by atoms with E-state index < -0.39 is 17.3 Å². The number of anilines is 1. The zero-order chi connectivity index (χ0) is 14.0. The number of nitrogens with two attached hydrogens (primary N) is 1. The van der Waals surface area contributed by atoms with Crippen molar-refractivity contribution in [2.24, 2.45) is 0 Å². The van der Waals surface area contributed by atoms with E-state index in [1.165, 1.54) is 0 Å².